The van der Waals surface area contributed by atoms with Crippen LogP contribution in [0.5, 0.6) is 5.75 Å². The zero-order chi connectivity index (χ0) is 32.8. The van der Waals surface area contributed by atoms with Crippen LogP contribution in [-0.4, -0.2) is 131 Å². The highest BCUT2D eigenvalue weighted by Gasteiger charge is 2.05. The van der Waals surface area contributed by atoms with E-state index in [1.165, 1.54) is 6.92 Å². The fraction of sp³-hybridized carbons (Fsp3) is 0.576. The first kappa shape index (κ1) is 39.0. The highest BCUT2D eigenvalue weighted by atomic mass is 16.6. The molecule has 2 rings (SSSR count). The van der Waals surface area contributed by atoms with Crippen molar-refractivity contribution in [1.82, 2.24) is 0 Å². The molecule has 0 unspecified atom stereocenters. The molecular formula is C33H49NO12. The van der Waals surface area contributed by atoms with Crippen molar-refractivity contribution in [1.29, 1.82) is 0 Å². The second-order valence-electron chi connectivity index (χ2n) is 9.45. The molecule has 0 saturated heterocycles. The Kier molecular flexibility index (Phi) is 23.9. The lowest BCUT2D eigenvalue weighted by atomic mass is 10.2. The lowest BCUT2D eigenvalue weighted by Crippen LogP contribution is -2.15. The third-order valence-electron chi connectivity index (χ3n) is 5.75. The van der Waals surface area contributed by atoms with Crippen molar-refractivity contribution in [2.24, 2.45) is 0 Å². The molecule has 0 saturated carbocycles. The standard InChI is InChI=1S/C33H49NO12/c1-29(35)34-31-7-9-32(10-8-31)45-27-25-43-23-21-41-19-17-39-15-13-37-11-12-38-14-16-40-18-20-42-22-24-44-26-28-46-33(36)30-5-3-2-4-6-30/h2-10H,11-28H2,1H3,(H,34,35). The van der Waals surface area contributed by atoms with E-state index in [2.05, 4.69) is 5.32 Å². The number of rotatable bonds is 30. The molecule has 13 heteroatoms. The van der Waals surface area contributed by atoms with Gasteiger partial charge in [0.05, 0.1) is 111 Å². The van der Waals surface area contributed by atoms with Gasteiger partial charge < -0.3 is 52.7 Å². The molecule has 46 heavy (non-hydrogen) atoms. The van der Waals surface area contributed by atoms with E-state index in [9.17, 15) is 9.59 Å². The maximum absolute atomic E-state index is 11.8. The van der Waals surface area contributed by atoms with E-state index in [1.807, 2.05) is 6.07 Å². The van der Waals surface area contributed by atoms with Crippen molar-refractivity contribution in [3.8, 4) is 5.75 Å². The molecule has 258 valence electrons. The van der Waals surface area contributed by atoms with Gasteiger partial charge in [-0.25, -0.2) is 4.79 Å². The minimum atomic E-state index is -0.359. The summed E-state index contributed by atoms with van der Waals surface area (Å²) in [6.45, 7) is 9.46. The maximum Gasteiger partial charge on any atom is 0.338 e. The number of benzene rings is 2. The number of nitrogens with one attached hydrogen (secondary N) is 1. The van der Waals surface area contributed by atoms with Crippen LogP contribution in [0.25, 0.3) is 0 Å². The van der Waals surface area contributed by atoms with E-state index in [-0.39, 0.29) is 18.5 Å². The summed E-state index contributed by atoms with van der Waals surface area (Å²) in [4.78, 5) is 22.8. The average molecular weight is 652 g/mol. The zero-order valence-electron chi connectivity index (χ0n) is 26.8. The summed E-state index contributed by atoms with van der Waals surface area (Å²) in [5.41, 5.74) is 1.25. The van der Waals surface area contributed by atoms with Crippen LogP contribution in [0.2, 0.25) is 0 Å². The molecule has 0 aromatic heterocycles. The van der Waals surface area contributed by atoms with Crippen LogP contribution < -0.4 is 10.1 Å². The summed E-state index contributed by atoms with van der Waals surface area (Å²) in [5, 5.41) is 2.71. The molecule has 0 spiro atoms. The van der Waals surface area contributed by atoms with E-state index >= 15 is 0 Å². The Bertz CT molecular complexity index is 1010. The van der Waals surface area contributed by atoms with E-state index in [4.69, 9.17) is 47.4 Å². The van der Waals surface area contributed by atoms with Gasteiger partial charge in [-0.2, -0.15) is 0 Å². The number of carbonyl (C=O) groups excluding carboxylic acids is 2. The summed E-state index contributed by atoms with van der Waals surface area (Å²) in [7, 11) is 0. The zero-order valence-corrected chi connectivity index (χ0v) is 26.8. The summed E-state index contributed by atoms with van der Waals surface area (Å²) in [6.07, 6.45) is 0. The Labute approximate surface area is 271 Å². The molecule has 2 aromatic rings. The van der Waals surface area contributed by atoms with Gasteiger partial charge in [-0.3, -0.25) is 4.79 Å². The van der Waals surface area contributed by atoms with Crippen LogP contribution in [0.3, 0.4) is 0 Å². The molecular weight excluding hydrogens is 602 g/mol. The smallest absolute Gasteiger partial charge is 0.338 e. The Morgan fingerprint density at radius 3 is 1.24 bits per heavy atom. The molecule has 2 aromatic carbocycles. The van der Waals surface area contributed by atoms with Crippen molar-refractivity contribution >= 4 is 17.6 Å². The number of esters is 1. The van der Waals surface area contributed by atoms with Crippen molar-refractivity contribution in [3.63, 3.8) is 0 Å². The predicted molar refractivity (Wildman–Crippen MR) is 170 cm³/mol. The van der Waals surface area contributed by atoms with Crippen LogP contribution in [0.15, 0.2) is 54.6 Å². The molecule has 1 amide bonds. The maximum atomic E-state index is 11.8. The quantitative estimate of drug-likeness (QED) is 0.0982. The van der Waals surface area contributed by atoms with E-state index in [0.717, 1.165) is 5.69 Å². The second-order valence-corrected chi connectivity index (χ2v) is 9.45. The minimum absolute atomic E-state index is 0.111. The van der Waals surface area contributed by atoms with E-state index < -0.39 is 0 Å². The van der Waals surface area contributed by atoms with Crippen molar-refractivity contribution in [3.05, 3.63) is 60.2 Å². The Balaban J connectivity index is 1.19. The Hall–Kier alpha value is -3.14. The average Bonchev–Trinajstić information content (AvgIpc) is 3.06. The topological polar surface area (TPSA) is 138 Å². The van der Waals surface area contributed by atoms with Gasteiger partial charge in [-0.1, -0.05) is 18.2 Å². The second kappa shape index (κ2) is 28.1. The van der Waals surface area contributed by atoms with Crippen LogP contribution in [-0.2, 0) is 47.4 Å². The first-order valence-corrected chi connectivity index (χ1v) is 15.5. The first-order valence-electron chi connectivity index (χ1n) is 15.5. The lowest BCUT2D eigenvalue weighted by molar-refractivity contribution is -0.114. The first-order chi connectivity index (χ1) is 22.6. The van der Waals surface area contributed by atoms with Gasteiger partial charge in [0.25, 0.3) is 0 Å². The normalized spacial score (nSPS) is 11.0. The fourth-order valence-electron chi connectivity index (χ4n) is 3.55. The van der Waals surface area contributed by atoms with Gasteiger partial charge in [0.2, 0.25) is 5.91 Å². The molecule has 0 fully saturated rings. The number of anilines is 1. The fourth-order valence-corrected chi connectivity index (χ4v) is 3.55. The third kappa shape index (κ3) is 22.4. The summed E-state index contributed by atoms with van der Waals surface area (Å²) < 4.78 is 54.4. The lowest BCUT2D eigenvalue weighted by Gasteiger charge is -2.09. The summed E-state index contributed by atoms with van der Waals surface area (Å²) in [6, 6.07) is 16.0. The van der Waals surface area contributed by atoms with E-state index in [1.54, 1.807) is 48.5 Å². The number of carbonyl (C=O) groups is 2. The van der Waals surface area contributed by atoms with Gasteiger partial charge >= 0.3 is 5.97 Å². The number of ether oxygens (including phenoxy) is 10. The van der Waals surface area contributed by atoms with Crippen LogP contribution in [0.1, 0.15) is 17.3 Å². The molecule has 0 atom stereocenters. The highest BCUT2D eigenvalue weighted by Crippen LogP contribution is 2.15. The van der Waals surface area contributed by atoms with Gasteiger partial charge in [-0.15, -0.1) is 0 Å². The highest BCUT2D eigenvalue weighted by molar-refractivity contribution is 5.89. The number of amides is 1. The minimum Gasteiger partial charge on any atom is -0.491 e. The molecule has 0 aliphatic rings. The van der Waals surface area contributed by atoms with Crippen molar-refractivity contribution in [2.45, 2.75) is 6.92 Å². The van der Waals surface area contributed by atoms with Crippen molar-refractivity contribution in [2.75, 3.05) is 124 Å². The molecule has 0 aliphatic heterocycles. The van der Waals surface area contributed by atoms with Crippen LogP contribution >= 0.6 is 0 Å². The van der Waals surface area contributed by atoms with Crippen LogP contribution in [0, 0.1) is 0 Å². The van der Waals surface area contributed by atoms with Crippen molar-refractivity contribution < 1.29 is 57.0 Å². The largest absolute Gasteiger partial charge is 0.491 e. The monoisotopic (exact) mass is 651 g/mol. The summed E-state index contributed by atoms with van der Waals surface area (Å²) >= 11 is 0. The molecule has 13 nitrogen and oxygen atoms in total. The molecule has 0 aliphatic carbocycles. The SMILES string of the molecule is CC(=O)Nc1ccc(OCCOCCOCCOCCOCCOCCOCCOCCOCCOC(=O)c2ccccc2)cc1. The number of hydrogen-bond acceptors (Lipinski definition) is 12. The van der Waals surface area contributed by atoms with Gasteiger partial charge in [0.15, 0.2) is 0 Å². The van der Waals surface area contributed by atoms with Gasteiger partial charge in [-0.05, 0) is 36.4 Å². The Morgan fingerprint density at radius 1 is 0.478 bits per heavy atom. The molecule has 0 bridgehead atoms. The third-order valence-corrected chi connectivity index (χ3v) is 5.75. The number of hydrogen-bond donors (Lipinski definition) is 1. The van der Waals surface area contributed by atoms with Crippen LogP contribution in [0.4, 0.5) is 5.69 Å². The molecule has 1 N–H and O–H groups in total. The Morgan fingerprint density at radius 2 is 0.848 bits per heavy atom. The predicted octanol–water partition coefficient (Wildman–Crippen LogP) is 3.01. The molecule has 0 heterocycles. The van der Waals surface area contributed by atoms with Gasteiger partial charge in [0, 0.05) is 12.6 Å². The van der Waals surface area contributed by atoms with E-state index in [0.29, 0.717) is 124 Å². The summed E-state index contributed by atoms with van der Waals surface area (Å²) in [5.74, 6) is 0.242. The molecule has 0 radical (unpaired) electrons. The van der Waals surface area contributed by atoms with Gasteiger partial charge in [0.1, 0.15) is 19.0 Å².